The number of amides is 1. The first-order chi connectivity index (χ1) is 9.00. The van der Waals surface area contributed by atoms with Gasteiger partial charge in [0.2, 0.25) is 0 Å². The van der Waals surface area contributed by atoms with E-state index in [9.17, 15) is 4.79 Å². The summed E-state index contributed by atoms with van der Waals surface area (Å²) in [6.45, 7) is 4.19. The number of nitrogens with zero attached hydrogens (tertiary/aromatic N) is 1. The van der Waals surface area contributed by atoms with E-state index in [1.54, 1.807) is 6.07 Å². The van der Waals surface area contributed by atoms with Crippen LogP contribution in [0.25, 0.3) is 0 Å². The molecule has 0 heterocycles. The fraction of sp³-hybridized carbons (Fsp3) is 0.533. The molecule has 0 N–H and O–H groups in total. The Morgan fingerprint density at radius 3 is 2.53 bits per heavy atom. The van der Waals surface area contributed by atoms with Gasteiger partial charge < -0.3 is 4.90 Å². The first kappa shape index (κ1) is 15.1. The molecule has 1 aromatic rings. The Labute approximate surface area is 133 Å². The van der Waals surface area contributed by atoms with Gasteiger partial charge >= 0.3 is 0 Å². The molecule has 0 atom stereocenters. The summed E-state index contributed by atoms with van der Waals surface area (Å²) in [7, 11) is 0. The molecule has 1 amide bonds. The molecule has 104 valence electrons. The number of benzene rings is 1. The molecule has 19 heavy (non-hydrogen) atoms. The second-order valence-electron chi connectivity index (χ2n) is 5.37. The van der Waals surface area contributed by atoms with E-state index < -0.39 is 0 Å². The molecule has 0 spiro atoms. The molecule has 1 fully saturated rings. The third-order valence-corrected chi connectivity index (χ3v) is 4.80. The summed E-state index contributed by atoms with van der Waals surface area (Å²) in [6, 6.07) is 6.13. The zero-order valence-corrected chi connectivity index (χ0v) is 14.2. The highest BCUT2D eigenvalue weighted by atomic mass is 127. The molecular weight excluding hydrogens is 373 g/mol. The van der Waals surface area contributed by atoms with E-state index in [4.69, 9.17) is 11.6 Å². The first-order valence-electron chi connectivity index (χ1n) is 6.78. The van der Waals surface area contributed by atoms with Gasteiger partial charge in [-0.15, -0.1) is 0 Å². The van der Waals surface area contributed by atoms with Crippen molar-refractivity contribution in [3.8, 4) is 0 Å². The van der Waals surface area contributed by atoms with Gasteiger partial charge in [-0.1, -0.05) is 24.4 Å². The summed E-state index contributed by atoms with van der Waals surface area (Å²) in [4.78, 5) is 14.8. The molecule has 0 saturated heterocycles. The Hall–Kier alpha value is -0.290. The summed E-state index contributed by atoms with van der Waals surface area (Å²) in [6.07, 6.45) is 4.74. The summed E-state index contributed by atoms with van der Waals surface area (Å²) in [5.41, 5.74) is 0.769. The Kier molecular flexibility index (Phi) is 5.12. The Balaban J connectivity index is 2.28. The minimum atomic E-state index is 0.142. The fourth-order valence-electron chi connectivity index (χ4n) is 2.81. The predicted molar refractivity (Wildman–Crippen MR) is 87.7 cm³/mol. The van der Waals surface area contributed by atoms with E-state index >= 15 is 0 Å². The second kappa shape index (κ2) is 6.44. The first-order valence-corrected chi connectivity index (χ1v) is 8.24. The van der Waals surface area contributed by atoms with Gasteiger partial charge in [-0.05, 0) is 67.5 Å². The number of halogens is 2. The van der Waals surface area contributed by atoms with Crippen molar-refractivity contribution in [3.63, 3.8) is 0 Å². The molecule has 0 aliphatic heterocycles. The third kappa shape index (κ3) is 3.43. The van der Waals surface area contributed by atoms with Crippen molar-refractivity contribution in [3.05, 3.63) is 32.4 Å². The number of rotatable bonds is 3. The largest absolute Gasteiger partial charge is 0.333 e. The van der Waals surface area contributed by atoms with Crippen molar-refractivity contribution < 1.29 is 4.79 Å². The lowest BCUT2D eigenvalue weighted by Crippen LogP contribution is -2.43. The summed E-state index contributed by atoms with van der Waals surface area (Å²) >= 11 is 8.15. The Morgan fingerprint density at radius 2 is 2.00 bits per heavy atom. The second-order valence-corrected chi connectivity index (χ2v) is 6.97. The van der Waals surface area contributed by atoms with Gasteiger partial charge in [-0.3, -0.25) is 4.79 Å². The quantitative estimate of drug-likeness (QED) is 0.682. The molecular formula is C15H19ClINO. The third-order valence-electron chi connectivity index (χ3n) is 3.67. The van der Waals surface area contributed by atoms with Crippen LogP contribution in [0.2, 0.25) is 5.02 Å². The van der Waals surface area contributed by atoms with Crippen molar-refractivity contribution in [2.24, 2.45) is 0 Å². The van der Waals surface area contributed by atoms with Crippen molar-refractivity contribution in [2.45, 2.75) is 51.6 Å². The van der Waals surface area contributed by atoms with Crippen LogP contribution in [0.3, 0.4) is 0 Å². The highest BCUT2D eigenvalue weighted by Crippen LogP contribution is 2.28. The van der Waals surface area contributed by atoms with E-state index in [1.165, 1.54) is 12.8 Å². The molecule has 0 aromatic heterocycles. The summed E-state index contributed by atoms with van der Waals surface area (Å²) in [5.74, 6) is 0.142. The van der Waals surface area contributed by atoms with Crippen LogP contribution in [0.5, 0.6) is 0 Å². The lowest BCUT2D eigenvalue weighted by Gasteiger charge is -2.33. The SMILES string of the molecule is CC(C)N(C(=O)c1ccc(Cl)cc1I)C1CCCC1. The zero-order valence-electron chi connectivity index (χ0n) is 11.3. The van der Waals surface area contributed by atoms with Crippen molar-refractivity contribution in [1.82, 2.24) is 4.90 Å². The molecule has 2 rings (SSSR count). The molecule has 1 aliphatic carbocycles. The van der Waals surface area contributed by atoms with E-state index in [0.717, 1.165) is 22.0 Å². The zero-order chi connectivity index (χ0) is 14.0. The number of hydrogen-bond donors (Lipinski definition) is 0. The van der Waals surface area contributed by atoms with E-state index in [0.29, 0.717) is 11.1 Å². The molecule has 1 saturated carbocycles. The molecule has 1 aromatic carbocycles. The van der Waals surface area contributed by atoms with Gasteiger partial charge in [0.15, 0.2) is 0 Å². The molecule has 2 nitrogen and oxygen atoms in total. The maximum Gasteiger partial charge on any atom is 0.255 e. The topological polar surface area (TPSA) is 20.3 Å². The van der Waals surface area contributed by atoms with E-state index in [2.05, 4.69) is 41.3 Å². The fourth-order valence-corrected chi connectivity index (χ4v) is 3.91. The van der Waals surface area contributed by atoms with Crippen LogP contribution in [-0.2, 0) is 0 Å². The van der Waals surface area contributed by atoms with Crippen LogP contribution in [0.4, 0.5) is 0 Å². The Morgan fingerprint density at radius 1 is 1.37 bits per heavy atom. The molecule has 0 unspecified atom stereocenters. The van der Waals surface area contributed by atoms with Gasteiger partial charge in [0.1, 0.15) is 0 Å². The highest BCUT2D eigenvalue weighted by molar-refractivity contribution is 14.1. The average Bonchev–Trinajstić information content (AvgIpc) is 2.81. The van der Waals surface area contributed by atoms with Crippen LogP contribution in [0.1, 0.15) is 49.9 Å². The molecule has 1 aliphatic rings. The molecule has 0 radical (unpaired) electrons. The van der Waals surface area contributed by atoms with Crippen LogP contribution in [0, 0.1) is 3.57 Å². The van der Waals surface area contributed by atoms with Gasteiger partial charge in [-0.25, -0.2) is 0 Å². The van der Waals surface area contributed by atoms with Gasteiger partial charge in [-0.2, -0.15) is 0 Å². The predicted octanol–water partition coefficient (Wildman–Crippen LogP) is 4.74. The van der Waals surface area contributed by atoms with Crippen LogP contribution in [0.15, 0.2) is 18.2 Å². The lowest BCUT2D eigenvalue weighted by atomic mass is 10.1. The van der Waals surface area contributed by atoms with E-state index in [-0.39, 0.29) is 11.9 Å². The average molecular weight is 392 g/mol. The van der Waals surface area contributed by atoms with Crippen molar-refractivity contribution >= 4 is 40.1 Å². The Bertz CT molecular complexity index is 469. The lowest BCUT2D eigenvalue weighted by molar-refractivity contribution is 0.0612. The van der Waals surface area contributed by atoms with Crippen molar-refractivity contribution in [2.75, 3.05) is 0 Å². The number of carbonyl (C=O) groups excluding carboxylic acids is 1. The monoisotopic (exact) mass is 391 g/mol. The van der Waals surface area contributed by atoms with Gasteiger partial charge in [0, 0.05) is 20.7 Å². The minimum Gasteiger partial charge on any atom is -0.333 e. The van der Waals surface area contributed by atoms with Crippen LogP contribution >= 0.6 is 34.2 Å². The summed E-state index contributed by atoms with van der Waals surface area (Å²) < 4.78 is 0.929. The number of hydrogen-bond acceptors (Lipinski definition) is 1. The minimum absolute atomic E-state index is 0.142. The standard InChI is InChI=1S/C15H19ClINO/c1-10(2)18(12-5-3-4-6-12)15(19)13-8-7-11(16)9-14(13)17/h7-10,12H,3-6H2,1-2H3. The van der Waals surface area contributed by atoms with Crippen LogP contribution < -0.4 is 0 Å². The van der Waals surface area contributed by atoms with Crippen LogP contribution in [-0.4, -0.2) is 22.9 Å². The molecule has 4 heteroatoms. The maximum absolute atomic E-state index is 12.8. The molecule has 0 bridgehead atoms. The summed E-state index contributed by atoms with van der Waals surface area (Å²) in [5, 5.41) is 0.679. The van der Waals surface area contributed by atoms with E-state index in [1.807, 2.05) is 12.1 Å². The normalized spacial score (nSPS) is 16.1. The maximum atomic E-state index is 12.8. The van der Waals surface area contributed by atoms with Gasteiger partial charge in [0.25, 0.3) is 5.91 Å². The smallest absolute Gasteiger partial charge is 0.255 e. The number of carbonyl (C=O) groups is 1. The highest BCUT2D eigenvalue weighted by Gasteiger charge is 2.30. The van der Waals surface area contributed by atoms with Gasteiger partial charge in [0.05, 0.1) is 5.56 Å². The van der Waals surface area contributed by atoms with Crippen molar-refractivity contribution in [1.29, 1.82) is 0 Å².